The second-order valence-corrected chi connectivity index (χ2v) is 6.46. The summed E-state index contributed by atoms with van der Waals surface area (Å²) in [5.74, 6) is 0.329. The number of carbonyl (C=O) groups is 2. The maximum atomic E-state index is 12.1. The van der Waals surface area contributed by atoms with Crippen molar-refractivity contribution in [3.05, 3.63) is 58.1 Å². The fraction of sp³-hybridized carbons (Fsp3) is 0.263. The Morgan fingerprint density at radius 2 is 1.70 bits per heavy atom. The number of carbonyl (C=O) groups excluding carboxylic acids is 2. The van der Waals surface area contributed by atoms with Crippen LogP contribution in [0.4, 0.5) is 0 Å². The van der Waals surface area contributed by atoms with E-state index >= 15 is 0 Å². The van der Waals surface area contributed by atoms with Crippen LogP contribution in [-0.2, 0) is 16.0 Å². The number of hydrazine groups is 1. The quantitative estimate of drug-likeness (QED) is 0.684. The van der Waals surface area contributed by atoms with Crippen LogP contribution in [0.5, 0.6) is 11.5 Å². The number of benzene rings is 2. The summed E-state index contributed by atoms with van der Waals surface area (Å²) in [4.78, 5) is 24.0. The van der Waals surface area contributed by atoms with E-state index in [9.17, 15) is 9.59 Å². The van der Waals surface area contributed by atoms with Crippen molar-refractivity contribution in [1.82, 2.24) is 10.9 Å². The average molecular weight is 411 g/mol. The maximum absolute atomic E-state index is 12.1. The first-order valence-electron chi connectivity index (χ1n) is 8.31. The summed E-state index contributed by atoms with van der Waals surface area (Å²) in [6.45, 7) is 4.04. The van der Waals surface area contributed by atoms with Crippen LogP contribution in [0.15, 0.2) is 42.5 Å². The number of nitrogens with one attached hydrogen (secondary N) is 2. The predicted octanol–water partition coefficient (Wildman–Crippen LogP) is 3.55. The highest BCUT2D eigenvalue weighted by atomic mass is 35.5. The van der Waals surface area contributed by atoms with Crippen LogP contribution >= 0.6 is 23.2 Å². The Morgan fingerprint density at radius 3 is 2.33 bits per heavy atom. The monoisotopic (exact) mass is 410 g/mol. The normalized spacial score (nSPS) is 11.4. The molecule has 0 spiro atoms. The Bertz CT molecular complexity index is 797. The van der Waals surface area contributed by atoms with Crippen molar-refractivity contribution >= 4 is 35.0 Å². The number of amides is 2. The molecule has 0 aliphatic carbocycles. The van der Waals surface area contributed by atoms with Crippen LogP contribution in [0.3, 0.4) is 0 Å². The van der Waals surface area contributed by atoms with Crippen molar-refractivity contribution in [2.24, 2.45) is 0 Å². The molecule has 1 unspecified atom stereocenters. The van der Waals surface area contributed by atoms with Crippen molar-refractivity contribution < 1.29 is 19.1 Å². The second-order valence-electron chi connectivity index (χ2n) is 5.61. The third kappa shape index (κ3) is 6.66. The van der Waals surface area contributed by atoms with E-state index in [-0.39, 0.29) is 6.42 Å². The van der Waals surface area contributed by atoms with Crippen molar-refractivity contribution in [3.8, 4) is 11.5 Å². The second kappa shape index (κ2) is 10.0. The van der Waals surface area contributed by atoms with Gasteiger partial charge in [-0.15, -0.1) is 0 Å². The van der Waals surface area contributed by atoms with Crippen molar-refractivity contribution in [3.63, 3.8) is 0 Å². The minimum absolute atomic E-state index is 0.00438. The van der Waals surface area contributed by atoms with Gasteiger partial charge in [-0.3, -0.25) is 20.4 Å². The van der Waals surface area contributed by atoms with E-state index in [1.807, 2.05) is 6.92 Å². The van der Waals surface area contributed by atoms with E-state index in [4.69, 9.17) is 32.7 Å². The molecule has 0 saturated carbocycles. The van der Waals surface area contributed by atoms with Gasteiger partial charge in [0.05, 0.1) is 13.0 Å². The topological polar surface area (TPSA) is 76.7 Å². The predicted molar refractivity (Wildman–Crippen MR) is 104 cm³/mol. The lowest BCUT2D eigenvalue weighted by Gasteiger charge is -2.15. The van der Waals surface area contributed by atoms with E-state index in [1.165, 1.54) is 0 Å². The first kappa shape index (κ1) is 20.9. The number of ether oxygens (including phenoxy) is 2. The number of rotatable bonds is 7. The van der Waals surface area contributed by atoms with Crippen LogP contribution in [0.25, 0.3) is 0 Å². The lowest BCUT2D eigenvalue weighted by Crippen LogP contribution is -2.47. The van der Waals surface area contributed by atoms with Crippen LogP contribution in [0, 0.1) is 0 Å². The van der Waals surface area contributed by atoms with Gasteiger partial charge in [0, 0.05) is 10.0 Å². The molecule has 27 heavy (non-hydrogen) atoms. The van der Waals surface area contributed by atoms with Gasteiger partial charge in [0.2, 0.25) is 5.91 Å². The molecule has 0 aliphatic rings. The Labute approximate surface area is 167 Å². The van der Waals surface area contributed by atoms with E-state index in [2.05, 4.69) is 10.9 Å². The van der Waals surface area contributed by atoms with Gasteiger partial charge in [-0.05, 0) is 55.8 Å². The average Bonchev–Trinajstić information content (AvgIpc) is 2.64. The molecule has 0 bridgehead atoms. The van der Waals surface area contributed by atoms with Gasteiger partial charge in [-0.2, -0.15) is 0 Å². The highest BCUT2D eigenvalue weighted by molar-refractivity contribution is 6.35. The van der Waals surface area contributed by atoms with E-state index in [0.717, 1.165) is 5.75 Å². The Kier molecular flexibility index (Phi) is 7.76. The van der Waals surface area contributed by atoms with Crippen molar-refractivity contribution in [1.29, 1.82) is 0 Å². The van der Waals surface area contributed by atoms with E-state index in [1.54, 1.807) is 49.4 Å². The highest BCUT2D eigenvalue weighted by Gasteiger charge is 2.16. The standard InChI is InChI=1S/C19H20Cl2N2O4/c1-3-26-15-6-8-16(9-7-15)27-12(2)19(25)23-22-18(24)10-13-4-5-14(20)11-17(13)21/h4-9,11-12H,3,10H2,1-2H3,(H,22,24)(H,23,25). The first-order valence-corrected chi connectivity index (χ1v) is 9.06. The Balaban J connectivity index is 1.80. The molecule has 1 atom stereocenters. The fourth-order valence-electron chi connectivity index (χ4n) is 2.15. The van der Waals surface area contributed by atoms with Crippen LogP contribution in [0.1, 0.15) is 19.4 Å². The molecular weight excluding hydrogens is 391 g/mol. The van der Waals surface area contributed by atoms with E-state index < -0.39 is 17.9 Å². The summed E-state index contributed by atoms with van der Waals surface area (Å²) in [7, 11) is 0. The lowest BCUT2D eigenvalue weighted by molar-refractivity contribution is -0.132. The summed E-state index contributed by atoms with van der Waals surface area (Å²) in [5, 5.41) is 0.869. The Morgan fingerprint density at radius 1 is 1.04 bits per heavy atom. The van der Waals surface area contributed by atoms with Gasteiger partial charge in [0.25, 0.3) is 5.91 Å². The molecule has 2 amide bonds. The molecule has 2 aromatic rings. The molecule has 2 aromatic carbocycles. The third-order valence-electron chi connectivity index (χ3n) is 3.51. The molecule has 0 radical (unpaired) electrons. The SMILES string of the molecule is CCOc1ccc(OC(C)C(=O)NNC(=O)Cc2ccc(Cl)cc2Cl)cc1. The summed E-state index contributed by atoms with van der Waals surface area (Å²) in [5.41, 5.74) is 5.27. The summed E-state index contributed by atoms with van der Waals surface area (Å²) in [6.07, 6.45) is -0.799. The zero-order chi connectivity index (χ0) is 19.8. The molecule has 0 heterocycles. The fourth-order valence-corrected chi connectivity index (χ4v) is 2.63. The smallest absolute Gasteiger partial charge is 0.279 e. The molecule has 144 valence electrons. The van der Waals surface area contributed by atoms with Gasteiger partial charge >= 0.3 is 0 Å². The van der Waals surface area contributed by atoms with E-state index in [0.29, 0.717) is 28.0 Å². The zero-order valence-electron chi connectivity index (χ0n) is 14.9. The molecule has 2 N–H and O–H groups in total. The molecule has 0 fully saturated rings. The zero-order valence-corrected chi connectivity index (χ0v) is 16.4. The molecular formula is C19H20Cl2N2O4. The minimum Gasteiger partial charge on any atom is -0.494 e. The molecule has 0 saturated heterocycles. The highest BCUT2D eigenvalue weighted by Crippen LogP contribution is 2.21. The van der Waals surface area contributed by atoms with Crippen molar-refractivity contribution in [2.75, 3.05) is 6.61 Å². The minimum atomic E-state index is -0.803. The van der Waals surface area contributed by atoms with Crippen LogP contribution in [0.2, 0.25) is 10.0 Å². The Hall–Kier alpha value is -2.44. The lowest BCUT2D eigenvalue weighted by atomic mass is 10.1. The molecule has 8 heteroatoms. The number of halogens is 2. The third-order valence-corrected chi connectivity index (χ3v) is 4.10. The van der Waals surface area contributed by atoms with Crippen LogP contribution < -0.4 is 20.3 Å². The summed E-state index contributed by atoms with van der Waals surface area (Å²) >= 11 is 11.8. The molecule has 0 aromatic heterocycles. The van der Waals surface area contributed by atoms with Gasteiger partial charge in [0.1, 0.15) is 11.5 Å². The van der Waals surface area contributed by atoms with Gasteiger partial charge in [-0.1, -0.05) is 29.3 Å². The molecule has 0 aliphatic heterocycles. The maximum Gasteiger partial charge on any atom is 0.279 e. The van der Waals surface area contributed by atoms with Gasteiger partial charge in [0.15, 0.2) is 6.10 Å². The summed E-state index contributed by atoms with van der Waals surface area (Å²) in [6, 6.07) is 11.8. The first-order chi connectivity index (χ1) is 12.9. The summed E-state index contributed by atoms with van der Waals surface area (Å²) < 4.78 is 10.9. The largest absolute Gasteiger partial charge is 0.494 e. The molecule has 2 rings (SSSR count). The van der Waals surface area contributed by atoms with Gasteiger partial charge < -0.3 is 9.47 Å². The van der Waals surface area contributed by atoms with Crippen molar-refractivity contribution in [2.45, 2.75) is 26.4 Å². The van der Waals surface area contributed by atoms with Gasteiger partial charge in [-0.25, -0.2) is 0 Å². The number of hydrogen-bond donors (Lipinski definition) is 2. The molecule has 6 nitrogen and oxygen atoms in total. The van der Waals surface area contributed by atoms with Crippen LogP contribution in [-0.4, -0.2) is 24.5 Å². The number of hydrogen-bond acceptors (Lipinski definition) is 4.